The molecule has 0 atom stereocenters. The van der Waals surface area contributed by atoms with E-state index in [-0.39, 0.29) is 0 Å². The van der Waals surface area contributed by atoms with Gasteiger partial charge in [0.25, 0.3) is 0 Å². The molecule has 1 aromatic heterocycles. The Balaban J connectivity index is 1.65. The molecule has 0 unspecified atom stereocenters. The van der Waals surface area contributed by atoms with E-state index < -0.39 is 0 Å². The number of halogens is 1. The monoisotopic (exact) mass is 461 g/mol. The number of rotatable bonds is 4. The van der Waals surface area contributed by atoms with Gasteiger partial charge in [-0.3, -0.25) is 4.98 Å². The molecule has 5 rings (SSSR count). The van der Waals surface area contributed by atoms with Crippen LogP contribution in [-0.4, -0.2) is 4.98 Å². The minimum atomic E-state index is 0.971. The van der Waals surface area contributed by atoms with Crippen molar-refractivity contribution in [3.63, 3.8) is 0 Å². The summed E-state index contributed by atoms with van der Waals surface area (Å²) in [4.78, 5) is 4.80. The molecular weight excluding hydrogens is 442 g/mol. The average Bonchev–Trinajstić information content (AvgIpc) is 2.85. The first kappa shape index (κ1) is 19.5. The molecule has 1 nitrogen and oxygen atoms in total. The summed E-state index contributed by atoms with van der Waals surface area (Å²) in [6.07, 6.45) is 1.99. The first-order valence-corrected chi connectivity index (χ1v) is 11.0. The predicted molar refractivity (Wildman–Crippen MR) is 134 cm³/mol. The largest absolute Gasteiger partial charge is 0.256 e. The van der Waals surface area contributed by atoms with Crippen molar-refractivity contribution in [2.75, 3.05) is 0 Å². The lowest BCUT2D eigenvalue weighted by Crippen LogP contribution is -1.92. The maximum absolute atomic E-state index is 4.80. The molecule has 0 saturated heterocycles. The second-order valence-corrected chi connectivity index (χ2v) is 8.26. The molecule has 0 aliphatic rings. The Hall–Kier alpha value is -3.49. The molecule has 0 saturated carbocycles. The van der Waals surface area contributed by atoms with Crippen molar-refractivity contribution < 1.29 is 0 Å². The van der Waals surface area contributed by atoms with Gasteiger partial charge in [0.15, 0.2) is 0 Å². The Bertz CT molecular complexity index is 1310. The Kier molecular flexibility index (Phi) is 5.47. The van der Waals surface area contributed by atoms with E-state index in [0.717, 1.165) is 26.9 Å². The van der Waals surface area contributed by atoms with E-state index in [9.17, 15) is 0 Å². The van der Waals surface area contributed by atoms with Crippen LogP contribution in [0.5, 0.6) is 0 Å². The smallest absolute Gasteiger partial charge is 0.0708 e. The van der Waals surface area contributed by atoms with Crippen molar-refractivity contribution in [3.05, 3.63) is 126 Å². The van der Waals surface area contributed by atoms with Crippen LogP contribution in [0.2, 0.25) is 0 Å². The molecule has 0 fully saturated rings. The first-order chi connectivity index (χ1) is 15.3. The fourth-order valence-corrected chi connectivity index (χ4v) is 4.33. The maximum Gasteiger partial charge on any atom is 0.0708 e. The van der Waals surface area contributed by atoms with Crippen molar-refractivity contribution >= 4 is 15.9 Å². The Morgan fingerprint density at radius 3 is 1.68 bits per heavy atom. The van der Waals surface area contributed by atoms with Crippen LogP contribution >= 0.6 is 15.9 Å². The van der Waals surface area contributed by atoms with Crippen LogP contribution in [-0.2, 0) is 0 Å². The molecule has 0 bridgehead atoms. The highest BCUT2D eigenvalue weighted by Crippen LogP contribution is 2.38. The quantitative estimate of drug-likeness (QED) is 0.261. The van der Waals surface area contributed by atoms with Crippen molar-refractivity contribution in [2.24, 2.45) is 0 Å². The van der Waals surface area contributed by atoms with Crippen molar-refractivity contribution in [3.8, 4) is 44.6 Å². The Morgan fingerprint density at radius 1 is 0.452 bits per heavy atom. The van der Waals surface area contributed by atoms with E-state index in [1.165, 1.54) is 22.3 Å². The van der Waals surface area contributed by atoms with Gasteiger partial charge in [0.1, 0.15) is 0 Å². The third-order valence-corrected chi connectivity index (χ3v) is 6.13. The second kappa shape index (κ2) is 8.71. The first-order valence-electron chi connectivity index (χ1n) is 10.3. The summed E-state index contributed by atoms with van der Waals surface area (Å²) < 4.78 is 1.06. The van der Waals surface area contributed by atoms with Crippen LogP contribution < -0.4 is 0 Å². The minimum absolute atomic E-state index is 0.971. The maximum atomic E-state index is 4.80. The van der Waals surface area contributed by atoms with E-state index in [4.69, 9.17) is 4.98 Å². The molecule has 0 radical (unpaired) electrons. The van der Waals surface area contributed by atoms with Crippen LogP contribution in [0.1, 0.15) is 0 Å². The summed E-state index contributed by atoms with van der Waals surface area (Å²) >= 11 is 3.72. The Morgan fingerprint density at radius 2 is 1.00 bits per heavy atom. The van der Waals surface area contributed by atoms with Gasteiger partial charge in [0, 0.05) is 21.8 Å². The summed E-state index contributed by atoms with van der Waals surface area (Å²) in [5, 5.41) is 0. The SMILES string of the molecule is Brc1ccccc1-c1cnc(-c2ccccc2)cc1-c1ccc(-c2ccccc2)cc1. The van der Waals surface area contributed by atoms with Crippen molar-refractivity contribution in [2.45, 2.75) is 0 Å². The zero-order valence-electron chi connectivity index (χ0n) is 16.9. The van der Waals surface area contributed by atoms with Crippen LogP contribution in [0.25, 0.3) is 44.6 Å². The molecule has 5 aromatic rings. The summed E-state index contributed by atoms with van der Waals surface area (Å²) in [6, 6.07) is 40.1. The van der Waals surface area contributed by atoms with Gasteiger partial charge in [-0.25, -0.2) is 0 Å². The molecule has 148 valence electrons. The van der Waals surface area contributed by atoms with E-state index in [1.807, 2.05) is 36.5 Å². The summed E-state index contributed by atoms with van der Waals surface area (Å²) in [5.41, 5.74) is 9.10. The molecule has 0 aliphatic heterocycles. The molecule has 31 heavy (non-hydrogen) atoms. The number of hydrogen-bond donors (Lipinski definition) is 0. The number of aromatic nitrogens is 1. The van der Waals surface area contributed by atoms with Gasteiger partial charge >= 0.3 is 0 Å². The topological polar surface area (TPSA) is 12.9 Å². The molecule has 0 spiro atoms. The highest BCUT2D eigenvalue weighted by Gasteiger charge is 2.13. The van der Waals surface area contributed by atoms with Gasteiger partial charge < -0.3 is 0 Å². The van der Waals surface area contributed by atoms with Gasteiger partial charge in [0.2, 0.25) is 0 Å². The van der Waals surface area contributed by atoms with Crippen LogP contribution in [0, 0.1) is 0 Å². The lowest BCUT2D eigenvalue weighted by Gasteiger charge is -2.14. The van der Waals surface area contributed by atoms with Crippen molar-refractivity contribution in [1.29, 1.82) is 0 Å². The fourth-order valence-electron chi connectivity index (χ4n) is 3.83. The molecule has 0 N–H and O–H groups in total. The number of hydrogen-bond acceptors (Lipinski definition) is 1. The van der Waals surface area contributed by atoms with Gasteiger partial charge in [-0.15, -0.1) is 0 Å². The van der Waals surface area contributed by atoms with Gasteiger partial charge in [0.05, 0.1) is 5.69 Å². The third kappa shape index (κ3) is 4.08. The average molecular weight is 462 g/mol. The predicted octanol–water partition coefficient (Wildman–Crippen LogP) is 8.51. The van der Waals surface area contributed by atoms with Gasteiger partial charge in [-0.2, -0.15) is 0 Å². The van der Waals surface area contributed by atoms with Gasteiger partial charge in [-0.05, 0) is 39.9 Å². The van der Waals surface area contributed by atoms with Crippen molar-refractivity contribution in [1.82, 2.24) is 4.98 Å². The van der Waals surface area contributed by atoms with E-state index in [1.54, 1.807) is 0 Å². The van der Waals surface area contributed by atoms with Gasteiger partial charge in [-0.1, -0.05) is 119 Å². The molecule has 2 heteroatoms. The molecular formula is C29H20BrN. The minimum Gasteiger partial charge on any atom is -0.256 e. The number of benzene rings is 4. The summed E-state index contributed by atoms with van der Waals surface area (Å²) in [6.45, 7) is 0. The normalized spacial score (nSPS) is 10.7. The second-order valence-electron chi connectivity index (χ2n) is 7.40. The van der Waals surface area contributed by atoms with Crippen LogP contribution in [0.4, 0.5) is 0 Å². The standard InChI is InChI=1S/C29H20BrN/c30-28-14-8-7-13-25(28)27-20-31-29(24-11-5-2-6-12-24)19-26(27)23-17-15-22(16-18-23)21-9-3-1-4-10-21/h1-20H. The molecule has 4 aromatic carbocycles. The highest BCUT2D eigenvalue weighted by molar-refractivity contribution is 9.10. The molecule has 0 aliphatic carbocycles. The Labute approximate surface area is 191 Å². The third-order valence-electron chi connectivity index (χ3n) is 5.44. The lowest BCUT2D eigenvalue weighted by atomic mass is 9.93. The highest BCUT2D eigenvalue weighted by atomic mass is 79.9. The van der Waals surface area contributed by atoms with Crippen LogP contribution in [0.15, 0.2) is 126 Å². The van der Waals surface area contributed by atoms with E-state index in [2.05, 4.69) is 101 Å². The number of nitrogens with zero attached hydrogens (tertiary/aromatic N) is 1. The zero-order valence-corrected chi connectivity index (χ0v) is 18.5. The number of pyridine rings is 1. The molecule has 0 amide bonds. The fraction of sp³-hybridized carbons (Fsp3) is 0. The summed E-state index contributed by atoms with van der Waals surface area (Å²) in [7, 11) is 0. The van der Waals surface area contributed by atoms with Crippen LogP contribution in [0.3, 0.4) is 0 Å². The lowest BCUT2D eigenvalue weighted by molar-refractivity contribution is 1.32. The van der Waals surface area contributed by atoms with E-state index >= 15 is 0 Å². The van der Waals surface area contributed by atoms with E-state index in [0.29, 0.717) is 0 Å². The summed E-state index contributed by atoms with van der Waals surface area (Å²) in [5.74, 6) is 0. The molecule has 1 heterocycles. The zero-order chi connectivity index (χ0) is 21.0.